The fourth-order valence-electron chi connectivity index (χ4n) is 6.01. The largest absolute Gasteiger partial charge is 0.381 e. The monoisotopic (exact) mass is 713 g/mol. The minimum Gasteiger partial charge on any atom is -0.381 e. The molecule has 0 unspecified atom stereocenters. The molecule has 284 valence electrons. The molecule has 0 radical (unpaired) electrons. The Labute approximate surface area is 293 Å². The second-order valence-corrected chi connectivity index (χ2v) is 15.4. The van der Waals surface area contributed by atoms with Gasteiger partial charge < -0.3 is 38.1 Å². The lowest BCUT2D eigenvalue weighted by Gasteiger charge is -2.32. The third-order valence-electron chi connectivity index (χ3n) is 9.07. The van der Waals surface area contributed by atoms with Gasteiger partial charge in [0.25, 0.3) is 0 Å². The zero-order valence-electron chi connectivity index (χ0n) is 30.9. The predicted molar refractivity (Wildman–Crippen MR) is 199 cm³/mol. The van der Waals surface area contributed by atoms with Crippen LogP contribution in [0.5, 0.6) is 0 Å². The van der Waals surface area contributed by atoms with Gasteiger partial charge in [-0.2, -0.15) is 0 Å². The van der Waals surface area contributed by atoms with Crippen molar-refractivity contribution in [3.8, 4) is 0 Å². The van der Waals surface area contributed by atoms with Crippen LogP contribution in [0.15, 0.2) is 0 Å². The van der Waals surface area contributed by atoms with Gasteiger partial charge in [0.1, 0.15) is 0 Å². The molecule has 0 aromatic rings. The summed E-state index contributed by atoms with van der Waals surface area (Å²) in [7, 11) is -5.11. The topological polar surface area (TPSA) is 118 Å². The van der Waals surface area contributed by atoms with Gasteiger partial charge in [0, 0.05) is 13.2 Å². The zero-order chi connectivity index (χ0) is 34.5. The first kappa shape index (κ1) is 47.5. The minimum absolute atomic E-state index is 0.0631. The quantitative estimate of drug-likeness (QED) is 0.0366. The maximum absolute atomic E-state index is 9.40. The number of hydrogen-bond donors (Lipinski definition) is 4. The molecule has 4 N–H and O–H groups in total. The molecule has 47 heavy (non-hydrogen) atoms. The van der Waals surface area contributed by atoms with Crippen LogP contribution in [0.2, 0.25) is 0 Å². The Bertz CT molecular complexity index is 551. The molecule has 0 aliphatic rings. The fourth-order valence-corrected chi connectivity index (χ4v) is 6.79. The van der Waals surface area contributed by atoms with E-state index in [1.54, 1.807) is 0 Å². The van der Waals surface area contributed by atoms with Crippen LogP contribution in [0, 0.1) is 5.41 Å². The van der Waals surface area contributed by atoms with Crippen molar-refractivity contribution in [3.63, 3.8) is 0 Å². The molecule has 0 saturated heterocycles. The third-order valence-corrected chi connectivity index (χ3v) is 9.79. The summed E-state index contributed by atoms with van der Waals surface area (Å²) in [5.41, 5.74) is -0.857. The summed E-state index contributed by atoms with van der Waals surface area (Å²) in [5, 5.41) is 0. The third kappa shape index (κ3) is 36.1. The molecule has 0 aliphatic heterocycles. The van der Waals surface area contributed by atoms with E-state index in [1.165, 1.54) is 154 Å². The summed E-state index contributed by atoms with van der Waals surface area (Å²) < 4.78 is 22.4. The molecule has 0 aromatic carbocycles. The van der Waals surface area contributed by atoms with E-state index in [4.69, 9.17) is 18.5 Å². The van der Waals surface area contributed by atoms with E-state index in [-0.39, 0.29) is 26.4 Å². The van der Waals surface area contributed by atoms with E-state index < -0.39 is 22.6 Å². The Morgan fingerprint density at radius 2 is 0.574 bits per heavy atom. The van der Waals surface area contributed by atoms with Gasteiger partial charge in [-0.1, -0.05) is 181 Å². The van der Waals surface area contributed by atoms with E-state index in [1.807, 2.05) is 0 Å². The molecule has 0 rings (SSSR count). The van der Waals surface area contributed by atoms with Crippen molar-refractivity contribution in [1.29, 1.82) is 0 Å². The van der Waals surface area contributed by atoms with Gasteiger partial charge in [0.2, 0.25) is 0 Å². The molecule has 0 atom stereocenters. The van der Waals surface area contributed by atoms with E-state index in [0.29, 0.717) is 13.2 Å². The summed E-state index contributed by atoms with van der Waals surface area (Å²) >= 11 is 0. The maximum atomic E-state index is 9.40. The summed E-state index contributed by atoms with van der Waals surface area (Å²) in [6.45, 7) is 6.01. The van der Waals surface area contributed by atoms with Gasteiger partial charge in [-0.3, -0.25) is 0 Å². The lowest BCUT2D eigenvalue weighted by molar-refractivity contribution is -0.0703. The lowest BCUT2D eigenvalue weighted by Crippen LogP contribution is -2.41. The summed E-state index contributed by atoms with van der Waals surface area (Å²) in [6, 6.07) is 0. The zero-order valence-corrected chi connectivity index (χ0v) is 32.6. The number of hydrogen-bond acceptors (Lipinski definition) is 8. The molecule has 10 heteroatoms. The van der Waals surface area contributed by atoms with Gasteiger partial charge in [0.15, 0.2) is 0 Å². The average Bonchev–Trinajstić information content (AvgIpc) is 3.05. The normalized spacial score (nSPS) is 12.3. The summed E-state index contributed by atoms with van der Waals surface area (Å²) in [5.74, 6) is 0. The first-order valence-corrected chi connectivity index (χ1v) is 22.1. The summed E-state index contributed by atoms with van der Waals surface area (Å²) in [6.07, 6.45) is 36.4. The van der Waals surface area contributed by atoms with Crippen LogP contribution < -0.4 is 0 Å². The highest BCUT2D eigenvalue weighted by Crippen LogP contribution is 2.34. The van der Waals surface area contributed by atoms with Crippen LogP contribution >= 0.6 is 17.2 Å². The highest BCUT2D eigenvalue weighted by molar-refractivity contribution is 7.39. The van der Waals surface area contributed by atoms with E-state index >= 15 is 0 Å². The van der Waals surface area contributed by atoms with Crippen LogP contribution in [0.4, 0.5) is 0 Å². The molecule has 0 heterocycles. The Hall–Kier alpha value is 0.540. The van der Waals surface area contributed by atoms with E-state index in [9.17, 15) is 19.6 Å². The fraction of sp³-hybridized carbons (Fsp3) is 1.00. The molecular weight excluding hydrogens is 634 g/mol. The molecule has 0 aliphatic carbocycles. The van der Waals surface area contributed by atoms with Gasteiger partial charge >= 0.3 is 17.2 Å². The first-order chi connectivity index (χ1) is 23.0. The Morgan fingerprint density at radius 3 is 0.809 bits per heavy atom. The van der Waals surface area contributed by atoms with Crippen LogP contribution in [0.25, 0.3) is 0 Å². The Kier molecular flexibility index (Phi) is 38.2. The predicted octanol–water partition coefficient (Wildman–Crippen LogP) is 11.4. The average molecular weight is 713 g/mol. The van der Waals surface area contributed by atoms with Crippen LogP contribution in [-0.2, 0) is 18.5 Å². The van der Waals surface area contributed by atoms with Crippen LogP contribution in [0.3, 0.4) is 0 Å². The van der Waals surface area contributed by atoms with Gasteiger partial charge in [-0.05, 0) is 12.8 Å². The van der Waals surface area contributed by atoms with E-state index in [2.05, 4.69) is 13.8 Å². The molecule has 8 nitrogen and oxygen atoms in total. The minimum atomic E-state index is -2.56. The van der Waals surface area contributed by atoms with Crippen molar-refractivity contribution in [3.05, 3.63) is 0 Å². The second-order valence-electron chi connectivity index (χ2n) is 13.8. The molecule has 0 spiro atoms. The molecule has 0 fully saturated rings. The standard InChI is InChI=1S/C37H78O8P2/c1-3-5-7-9-11-13-15-17-19-21-23-25-27-29-31-42-33-37(35-44-46(38)39,36-45-47(40)41)34-43-32-30-28-26-24-22-20-18-16-14-12-10-8-6-4-2/h38-41H,3-36H2,1-2H3. The lowest BCUT2D eigenvalue weighted by atomic mass is 9.92. The van der Waals surface area contributed by atoms with Crippen molar-refractivity contribution in [2.45, 2.75) is 194 Å². The number of unbranched alkanes of at least 4 members (excludes halogenated alkanes) is 26. The van der Waals surface area contributed by atoms with Gasteiger partial charge in [0.05, 0.1) is 31.8 Å². The molecule has 0 saturated carbocycles. The highest BCUT2D eigenvalue weighted by atomic mass is 31.2. The molecule has 0 amide bonds. The molecule has 0 bridgehead atoms. The van der Waals surface area contributed by atoms with Gasteiger partial charge in [-0.25, -0.2) is 0 Å². The maximum Gasteiger partial charge on any atom is 0.327 e. The van der Waals surface area contributed by atoms with Crippen molar-refractivity contribution in [2.75, 3.05) is 39.6 Å². The van der Waals surface area contributed by atoms with Crippen molar-refractivity contribution < 1.29 is 38.1 Å². The van der Waals surface area contributed by atoms with Crippen molar-refractivity contribution in [1.82, 2.24) is 0 Å². The van der Waals surface area contributed by atoms with Crippen molar-refractivity contribution in [2.24, 2.45) is 5.41 Å². The Balaban J connectivity index is 4.12. The second kappa shape index (κ2) is 37.8. The number of ether oxygens (including phenoxy) is 2. The highest BCUT2D eigenvalue weighted by Gasteiger charge is 2.34. The van der Waals surface area contributed by atoms with E-state index in [0.717, 1.165) is 25.7 Å². The first-order valence-electron chi connectivity index (χ1n) is 19.7. The number of rotatable bonds is 40. The molecule has 0 aromatic heterocycles. The smallest absolute Gasteiger partial charge is 0.327 e. The SMILES string of the molecule is CCCCCCCCCCCCCCCCOCC(COCCCCCCCCCCCCCCCC)(COP(O)O)COP(O)O. The van der Waals surface area contributed by atoms with Gasteiger partial charge in [-0.15, -0.1) is 0 Å². The van der Waals surface area contributed by atoms with Crippen molar-refractivity contribution >= 4 is 17.2 Å². The summed E-state index contributed by atoms with van der Waals surface area (Å²) in [4.78, 5) is 37.6. The van der Waals surface area contributed by atoms with Crippen LogP contribution in [0.1, 0.15) is 194 Å². The molecular formula is C37H78O8P2. The Morgan fingerprint density at radius 1 is 0.340 bits per heavy atom. The van der Waals surface area contributed by atoms with Crippen LogP contribution in [-0.4, -0.2) is 59.2 Å².